The molecule has 3 nitrogen and oxygen atoms in total. The minimum atomic E-state index is -2.76. The number of thiocarbonyl (C=S) groups is 1. The van der Waals surface area contributed by atoms with Gasteiger partial charge in [-0.1, -0.05) is 32.0 Å². The Hall–Kier alpha value is 0.430. The highest BCUT2D eigenvalue weighted by Crippen LogP contribution is 2.61. The van der Waals surface area contributed by atoms with E-state index in [-0.39, 0.29) is 0 Å². The second kappa shape index (κ2) is 8.57. The fourth-order valence-electron chi connectivity index (χ4n) is 0.972. The predicted molar refractivity (Wildman–Crippen MR) is 72.6 cm³/mol. The van der Waals surface area contributed by atoms with Crippen molar-refractivity contribution in [3.8, 4) is 0 Å². The van der Waals surface area contributed by atoms with Gasteiger partial charge in [-0.3, -0.25) is 9.24 Å². The summed E-state index contributed by atoms with van der Waals surface area (Å²) in [7, 11) is 1.70. The lowest BCUT2D eigenvalue weighted by molar-refractivity contribution is 0.325. The smallest absolute Gasteiger partial charge is 0.306 e. The van der Waals surface area contributed by atoms with E-state index in [4.69, 9.17) is 16.7 Å². The van der Waals surface area contributed by atoms with E-state index in [2.05, 4.69) is 6.92 Å². The van der Waals surface area contributed by atoms with Crippen molar-refractivity contribution >= 4 is 35.8 Å². The highest BCUT2D eigenvalue weighted by atomic mass is 32.7. The van der Waals surface area contributed by atoms with Gasteiger partial charge in [0.25, 0.3) is 0 Å². The molecule has 0 radical (unpaired) electrons. The summed E-state index contributed by atoms with van der Waals surface area (Å²) in [6.07, 6.45) is 3.41. The molecule has 0 bridgehead atoms. The normalized spacial score (nSPS) is 14.6. The van der Waals surface area contributed by atoms with Gasteiger partial charge in [0.05, 0.1) is 12.1 Å². The molecule has 90 valence electrons. The molecule has 1 atom stereocenters. The van der Waals surface area contributed by atoms with Gasteiger partial charge in [-0.2, -0.15) is 0 Å². The summed E-state index contributed by atoms with van der Waals surface area (Å²) >= 11 is 6.16. The minimum Gasteiger partial charge on any atom is -0.306 e. The first-order valence-corrected chi connectivity index (χ1v) is 8.82. The van der Waals surface area contributed by atoms with Crippen LogP contribution in [-0.4, -0.2) is 29.6 Å². The zero-order valence-electron chi connectivity index (χ0n) is 9.64. The summed E-state index contributed by atoms with van der Waals surface area (Å²) in [4.78, 5) is 0. The lowest BCUT2D eigenvalue weighted by Crippen LogP contribution is -2.11. The quantitative estimate of drug-likeness (QED) is 0.359. The van der Waals surface area contributed by atoms with E-state index in [1.165, 1.54) is 34.4 Å². The van der Waals surface area contributed by atoms with Crippen LogP contribution in [0.3, 0.4) is 0 Å². The Morgan fingerprint density at radius 1 is 1.47 bits per heavy atom. The van der Waals surface area contributed by atoms with Crippen LogP contribution < -0.4 is 0 Å². The van der Waals surface area contributed by atoms with Gasteiger partial charge in [-0.05, 0) is 24.7 Å². The Labute approximate surface area is 102 Å². The van der Waals surface area contributed by atoms with Crippen molar-refractivity contribution in [3.05, 3.63) is 0 Å². The van der Waals surface area contributed by atoms with Gasteiger partial charge < -0.3 is 4.52 Å². The van der Waals surface area contributed by atoms with Gasteiger partial charge in [0.15, 0.2) is 0 Å². The average Bonchev–Trinajstić information content (AvgIpc) is 2.23. The molecule has 15 heavy (non-hydrogen) atoms. The predicted octanol–water partition coefficient (Wildman–Crippen LogP) is 3.94. The van der Waals surface area contributed by atoms with Crippen molar-refractivity contribution in [2.24, 2.45) is 0 Å². The summed E-state index contributed by atoms with van der Waals surface area (Å²) < 4.78 is 19.1. The van der Waals surface area contributed by atoms with Crippen molar-refractivity contribution in [1.29, 1.82) is 0 Å². The fraction of sp³-hybridized carbons (Fsp3) is 0.889. The van der Waals surface area contributed by atoms with Crippen LogP contribution in [0, 0.1) is 0 Å². The molecule has 1 unspecified atom stereocenters. The molecular weight excluding hydrogens is 249 g/mol. The third kappa shape index (κ3) is 5.91. The standard InChI is InChI=1S/C9H20NO2PS2/c1-4-6-7-8-15-13(11,12-5-2)10(3)9-14/h9H,4-8H2,1-3H3. The summed E-state index contributed by atoms with van der Waals surface area (Å²) in [5, 5.41) is 0. The molecule has 0 heterocycles. The zero-order chi connectivity index (χ0) is 11.7. The molecule has 0 spiro atoms. The Morgan fingerprint density at radius 3 is 2.60 bits per heavy atom. The maximum atomic E-state index is 12.3. The summed E-state index contributed by atoms with van der Waals surface area (Å²) in [5.74, 6) is 0.860. The van der Waals surface area contributed by atoms with Crippen molar-refractivity contribution in [2.45, 2.75) is 33.1 Å². The molecular formula is C9H20NO2PS2. The van der Waals surface area contributed by atoms with Crippen LogP contribution in [0.4, 0.5) is 0 Å². The lowest BCUT2D eigenvalue weighted by Gasteiger charge is -2.24. The van der Waals surface area contributed by atoms with E-state index >= 15 is 0 Å². The first-order valence-electron chi connectivity index (χ1n) is 5.18. The topological polar surface area (TPSA) is 29.5 Å². The highest BCUT2D eigenvalue weighted by Gasteiger charge is 2.27. The molecule has 0 saturated heterocycles. The van der Waals surface area contributed by atoms with E-state index in [0.717, 1.165) is 12.2 Å². The van der Waals surface area contributed by atoms with Gasteiger partial charge >= 0.3 is 6.72 Å². The third-order valence-electron chi connectivity index (χ3n) is 1.83. The van der Waals surface area contributed by atoms with Crippen LogP contribution in [0.15, 0.2) is 0 Å². The van der Waals surface area contributed by atoms with Crippen molar-refractivity contribution in [1.82, 2.24) is 4.67 Å². The molecule has 0 saturated carbocycles. The van der Waals surface area contributed by atoms with Crippen LogP contribution >= 0.6 is 30.3 Å². The monoisotopic (exact) mass is 269 g/mol. The highest BCUT2D eigenvalue weighted by molar-refractivity contribution is 8.56. The van der Waals surface area contributed by atoms with E-state index < -0.39 is 6.72 Å². The van der Waals surface area contributed by atoms with Gasteiger partial charge in [-0.25, -0.2) is 0 Å². The molecule has 0 fully saturated rings. The van der Waals surface area contributed by atoms with Crippen molar-refractivity contribution in [2.75, 3.05) is 19.4 Å². The Balaban J connectivity index is 4.13. The first-order chi connectivity index (χ1) is 7.10. The SMILES string of the molecule is CCCCCSP(=O)(OCC)N(C)C=S. The second-order valence-electron chi connectivity index (χ2n) is 3.11. The molecule has 0 amide bonds. The van der Waals surface area contributed by atoms with E-state index in [0.29, 0.717) is 6.61 Å². The molecule has 0 N–H and O–H groups in total. The van der Waals surface area contributed by atoms with Crippen LogP contribution in [0.25, 0.3) is 0 Å². The van der Waals surface area contributed by atoms with Crippen LogP contribution in [0.5, 0.6) is 0 Å². The van der Waals surface area contributed by atoms with E-state index in [9.17, 15) is 4.57 Å². The second-order valence-corrected chi connectivity index (χ2v) is 7.97. The van der Waals surface area contributed by atoms with Crippen LogP contribution in [0.1, 0.15) is 33.1 Å². The fourth-order valence-corrected chi connectivity index (χ4v) is 5.28. The summed E-state index contributed by atoms with van der Waals surface area (Å²) in [5.41, 5.74) is 1.39. The third-order valence-corrected chi connectivity index (χ3v) is 7.19. The zero-order valence-corrected chi connectivity index (χ0v) is 12.2. The minimum absolute atomic E-state index is 0.450. The number of nitrogens with zero attached hydrogens (tertiary/aromatic N) is 1. The molecule has 0 rings (SSSR count). The lowest BCUT2D eigenvalue weighted by atomic mass is 10.3. The molecule has 0 aromatic carbocycles. The van der Waals surface area contributed by atoms with Gasteiger partial charge in [-0.15, -0.1) is 0 Å². The number of unbranched alkanes of at least 4 members (excludes halogenated alkanes) is 2. The largest absolute Gasteiger partial charge is 0.353 e. The van der Waals surface area contributed by atoms with Gasteiger partial charge in [0, 0.05) is 12.8 Å². The molecule has 6 heteroatoms. The van der Waals surface area contributed by atoms with E-state index in [1.54, 1.807) is 7.05 Å². The van der Waals surface area contributed by atoms with Gasteiger partial charge in [0.1, 0.15) is 0 Å². The molecule has 0 aliphatic carbocycles. The van der Waals surface area contributed by atoms with Crippen molar-refractivity contribution in [3.63, 3.8) is 0 Å². The average molecular weight is 269 g/mol. The molecule has 0 aromatic heterocycles. The Kier molecular flexibility index (Phi) is 8.81. The van der Waals surface area contributed by atoms with E-state index in [1.807, 2.05) is 6.92 Å². The maximum absolute atomic E-state index is 12.3. The number of hydrogen-bond donors (Lipinski definition) is 0. The van der Waals surface area contributed by atoms with Gasteiger partial charge in [0.2, 0.25) is 0 Å². The molecule has 0 aliphatic rings. The molecule has 0 aromatic rings. The molecule has 0 aliphatic heterocycles. The number of hydrogen-bond acceptors (Lipinski definition) is 4. The van der Waals surface area contributed by atoms with Crippen molar-refractivity contribution < 1.29 is 9.09 Å². The maximum Gasteiger partial charge on any atom is 0.353 e. The summed E-state index contributed by atoms with van der Waals surface area (Å²) in [6, 6.07) is 0. The first kappa shape index (κ1) is 15.4. The van der Waals surface area contributed by atoms with Crippen LogP contribution in [-0.2, 0) is 9.09 Å². The Bertz CT molecular complexity index is 226. The number of rotatable bonds is 9. The Morgan fingerprint density at radius 2 is 2.13 bits per heavy atom. The van der Waals surface area contributed by atoms with Crippen LogP contribution in [0.2, 0.25) is 0 Å². The summed E-state index contributed by atoms with van der Waals surface area (Å²) in [6.45, 7) is 1.68.